The maximum Gasteiger partial charge on any atom is 0.341 e. The first-order valence-electron chi connectivity index (χ1n) is 4.51. The minimum atomic E-state index is -4.88. The van der Waals surface area contributed by atoms with Crippen LogP contribution in [0.25, 0.3) is 0 Å². The molecule has 0 amide bonds. The molecular formula is C7H13ClN2O6P2. The van der Waals surface area contributed by atoms with Gasteiger partial charge < -0.3 is 32.0 Å². The van der Waals surface area contributed by atoms with Crippen LogP contribution in [0.4, 0.5) is 0 Å². The van der Waals surface area contributed by atoms with Gasteiger partial charge in [-0.05, 0) is 0 Å². The lowest BCUT2D eigenvalue weighted by Crippen LogP contribution is -3.00. The van der Waals surface area contributed by atoms with Gasteiger partial charge in [0.15, 0.2) is 5.40 Å². The van der Waals surface area contributed by atoms with Gasteiger partial charge in [0.25, 0.3) is 6.33 Å². The smallest absolute Gasteiger partial charge is 0.341 e. The van der Waals surface area contributed by atoms with Crippen LogP contribution < -0.4 is 17.0 Å². The van der Waals surface area contributed by atoms with Crippen molar-refractivity contribution >= 4 is 15.2 Å². The van der Waals surface area contributed by atoms with Crippen molar-refractivity contribution in [3.8, 4) is 0 Å². The molecule has 11 heteroatoms. The molecule has 4 N–H and O–H groups in total. The van der Waals surface area contributed by atoms with Gasteiger partial charge in [0.05, 0.1) is 7.05 Å². The molecule has 0 fully saturated rings. The van der Waals surface area contributed by atoms with Gasteiger partial charge in [-0.25, -0.2) is 4.57 Å². The van der Waals surface area contributed by atoms with Gasteiger partial charge in [-0.1, -0.05) is 4.98 Å². The lowest BCUT2D eigenvalue weighted by molar-refractivity contribution is -0.682. The van der Waals surface area contributed by atoms with Gasteiger partial charge in [0.2, 0.25) is 0 Å². The average molecular weight is 319 g/mol. The molecule has 1 rings (SSSR count). The van der Waals surface area contributed by atoms with E-state index >= 15 is 0 Å². The molecule has 1 heterocycles. The van der Waals surface area contributed by atoms with E-state index < -0.39 is 27.0 Å². The average Bonchev–Trinajstić information content (AvgIpc) is 2.12. The summed E-state index contributed by atoms with van der Waals surface area (Å²) in [6.07, 6.45) is 2.34. The van der Waals surface area contributed by atoms with Crippen LogP contribution in [-0.4, -0.2) is 30.0 Å². The van der Waals surface area contributed by atoms with Crippen molar-refractivity contribution in [2.45, 2.75) is 11.8 Å². The maximum absolute atomic E-state index is 11.1. The lowest BCUT2D eigenvalue weighted by atomic mass is 10.3. The van der Waals surface area contributed by atoms with E-state index in [1.807, 2.05) is 0 Å². The highest BCUT2D eigenvalue weighted by atomic mass is 35.5. The number of hydrogen-bond acceptors (Lipinski definition) is 3. The number of aryl methyl sites for hydroxylation is 1. The zero-order valence-corrected chi connectivity index (χ0v) is 11.8. The fourth-order valence-electron chi connectivity index (χ4n) is 1.29. The van der Waals surface area contributed by atoms with Gasteiger partial charge in [-0.3, -0.25) is 9.13 Å². The van der Waals surface area contributed by atoms with E-state index in [0.29, 0.717) is 5.69 Å². The van der Waals surface area contributed by atoms with E-state index in [2.05, 4.69) is 4.98 Å². The molecule has 0 radical (unpaired) electrons. The standard InChI is InChI=1S/C7H12N2O6P2.ClH/c1-9-5-8-3-2-6(9)4-7(16(10,11)12)17(13,14)15;/h2-3,5,7H,4H2,1H3,(H3-,10,11,12,13,14,15);1H. The third-order valence-corrected chi connectivity index (χ3v) is 5.94. The van der Waals surface area contributed by atoms with Crippen LogP contribution in [0, 0.1) is 0 Å². The summed E-state index contributed by atoms with van der Waals surface area (Å²) < 4.78 is 23.6. The molecule has 104 valence electrons. The predicted octanol–water partition coefficient (Wildman–Crippen LogP) is -3.87. The zero-order chi connectivity index (χ0) is 13.3. The minimum absolute atomic E-state index is 0. The van der Waals surface area contributed by atoms with Gasteiger partial charge >= 0.3 is 15.2 Å². The van der Waals surface area contributed by atoms with Crippen LogP contribution in [0.3, 0.4) is 0 Å². The molecule has 0 bridgehead atoms. The summed E-state index contributed by atoms with van der Waals surface area (Å²) in [7, 11) is -8.19. The molecule has 18 heavy (non-hydrogen) atoms. The third kappa shape index (κ3) is 4.74. The van der Waals surface area contributed by atoms with Gasteiger partial charge in [-0.2, -0.15) is 0 Å². The van der Waals surface area contributed by atoms with E-state index in [-0.39, 0.29) is 12.4 Å². The first-order valence-corrected chi connectivity index (χ1v) is 7.87. The summed E-state index contributed by atoms with van der Waals surface area (Å²) in [5.74, 6) is 0. The summed E-state index contributed by atoms with van der Waals surface area (Å²) in [5.41, 5.74) is 0.372. The molecule has 0 aliphatic heterocycles. The Morgan fingerprint density at radius 2 is 1.78 bits per heavy atom. The second kappa shape index (κ2) is 6.21. The normalized spacial score (nSPS) is 12.3. The largest absolute Gasteiger partial charge is 1.00 e. The van der Waals surface area contributed by atoms with Crippen molar-refractivity contribution in [1.29, 1.82) is 0 Å². The Morgan fingerprint density at radius 1 is 1.28 bits per heavy atom. The van der Waals surface area contributed by atoms with Crippen molar-refractivity contribution < 1.29 is 45.7 Å². The highest BCUT2D eigenvalue weighted by Gasteiger charge is 2.44. The Bertz CT molecular complexity index is 478. The van der Waals surface area contributed by atoms with E-state index in [1.54, 1.807) is 7.05 Å². The Labute approximate surface area is 109 Å². The molecular weight excluding hydrogens is 305 g/mol. The molecule has 1 aromatic rings. The summed E-state index contributed by atoms with van der Waals surface area (Å²) in [6, 6.07) is 1.44. The molecule has 0 aromatic carbocycles. The minimum Gasteiger partial charge on any atom is -1.00 e. The maximum atomic E-state index is 11.1. The van der Waals surface area contributed by atoms with Gasteiger partial charge in [0, 0.05) is 12.5 Å². The monoisotopic (exact) mass is 318 g/mol. The second-order valence-corrected chi connectivity index (χ2v) is 7.56. The fraction of sp³-hybridized carbons (Fsp3) is 0.429. The van der Waals surface area contributed by atoms with E-state index in [9.17, 15) is 9.13 Å². The van der Waals surface area contributed by atoms with Crippen molar-refractivity contribution in [1.82, 2.24) is 4.98 Å². The highest BCUT2D eigenvalue weighted by molar-refractivity contribution is 7.70. The van der Waals surface area contributed by atoms with Gasteiger partial charge in [-0.15, -0.1) is 0 Å². The molecule has 0 unspecified atom stereocenters. The quantitative estimate of drug-likeness (QED) is 0.330. The Balaban J connectivity index is 0.00000289. The predicted molar refractivity (Wildman–Crippen MR) is 57.0 cm³/mol. The van der Waals surface area contributed by atoms with E-state index in [0.717, 1.165) is 0 Å². The molecule has 0 aliphatic carbocycles. The summed E-state index contributed by atoms with van der Waals surface area (Å²) >= 11 is 0. The SMILES string of the molecule is C[n+]1cnccc1CC(P(=O)(O)O)P(=O)(O)O.[Cl-]. The Morgan fingerprint density at radius 3 is 2.17 bits per heavy atom. The topological polar surface area (TPSA) is 132 Å². The Kier molecular flexibility index (Phi) is 6.10. The zero-order valence-electron chi connectivity index (χ0n) is 9.29. The first-order chi connectivity index (χ1) is 7.62. The van der Waals surface area contributed by atoms with Crippen LogP contribution in [0.15, 0.2) is 18.6 Å². The second-order valence-electron chi connectivity index (χ2n) is 3.55. The molecule has 1 aromatic heterocycles. The van der Waals surface area contributed by atoms with Crippen LogP contribution in [0.2, 0.25) is 0 Å². The van der Waals surface area contributed by atoms with Crippen LogP contribution in [0.5, 0.6) is 0 Å². The molecule has 0 atom stereocenters. The number of halogens is 1. The summed E-state index contributed by atoms with van der Waals surface area (Å²) in [5, 5.41) is -2.02. The van der Waals surface area contributed by atoms with Crippen molar-refractivity contribution in [3.05, 3.63) is 24.3 Å². The highest BCUT2D eigenvalue weighted by Crippen LogP contribution is 2.60. The molecule has 8 nitrogen and oxygen atoms in total. The van der Waals surface area contributed by atoms with E-state index in [4.69, 9.17) is 19.6 Å². The van der Waals surface area contributed by atoms with Crippen molar-refractivity contribution in [3.63, 3.8) is 0 Å². The van der Waals surface area contributed by atoms with E-state index in [1.165, 1.54) is 23.2 Å². The molecule has 0 spiro atoms. The fourth-order valence-corrected chi connectivity index (χ4v) is 3.71. The van der Waals surface area contributed by atoms with Crippen LogP contribution in [-0.2, 0) is 22.6 Å². The Hall–Kier alpha value is -0.330. The summed E-state index contributed by atoms with van der Waals surface area (Å²) in [4.78, 5) is 39.6. The molecule has 0 saturated heterocycles. The van der Waals surface area contributed by atoms with Crippen molar-refractivity contribution in [2.24, 2.45) is 7.05 Å². The number of rotatable bonds is 4. The number of nitrogens with zero attached hydrogens (tertiary/aromatic N) is 2. The molecule has 0 saturated carbocycles. The lowest BCUT2D eigenvalue weighted by Gasteiger charge is -2.18. The number of aromatic nitrogens is 2. The first kappa shape index (κ1) is 17.7. The van der Waals surface area contributed by atoms with Crippen LogP contribution >= 0.6 is 15.2 Å². The van der Waals surface area contributed by atoms with Crippen molar-refractivity contribution in [2.75, 3.05) is 0 Å². The molecule has 0 aliphatic rings. The number of hydrogen-bond donors (Lipinski definition) is 4. The van der Waals surface area contributed by atoms with Gasteiger partial charge in [0.1, 0.15) is 11.9 Å². The third-order valence-electron chi connectivity index (χ3n) is 2.21. The summed E-state index contributed by atoms with van der Waals surface area (Å²) in [6.45, 7) is 0. The van der Waals surface area contributed by atoms with Crippen LogP contribution in [0.1, 0.15) is 5.69 Å².